The molecule has 7 nitrogen and oxygen atoms in total. The van der Waals surface area contributed by atoms with Crippen molar-refractivity contribution in [2.45, 2.75) is 11.4 Å². The number of anilines is 2. The number of methoxy groups -OCH3 is 1. The van der Waals surface area contributed by atoms with Crippen LogP contribution in [0.2, 0.25) is 0 Å². The Labute approximate surface area is 191 Å². The SMILES string of the molecule is COc1ccccc1CCNC(=O)c1ccc(NC(=O)N2CCSc3ncccc32)cc1. The summed E-state index contributed by atoms with van der Waals surface area (Å²) in [6.07, 6.45) is 2.40. The van der Waals surface area contributed by atoms with Gasteiger partial charge in [0.05, 0.1) is 12.8 Å². The highest BCUT2D eigenvalue weighted by atomic mass is 32.2. The van der Waals surface area contributed by atoms with Crippen LogP contribution < -0.4 is 20.3 Å². The fraction of sp³-hybridized carbons (Fsp3) is 0.208. The van der Waals surface area contributed by atoms with E-state index in [1.54, 1.807) is 54.2 Å². The molecule has 32 heavy (non-hydrogen) atoms. The molecule has 0 aliphatic carbocycles. The number of thioether (sulfide) groups is 1. The van der Waals surface area contributed by atoms with E-state index < -0.39 is 0 Å². The van der Waals surface area contributed by atoms with E-state index in [2.05, 4.69) is 15.6 Å². The predicted molar refractivity (Wildman–Crippen MR) is 127 cm³/mol. The summed E-state index contributed by atoms with van der Waals surface area (Å²) < 4.78 is 5.34. The molecule has 164 valence electrons. The van der Waals surface area contributed by atoms with Crippen molar-refractivity contribution in [3.8, 4) is 5.75 Å². The quantitative estimate of drug-likeness (QED) is 0.590. The number of hydrogen-bond donors (Lipinski definition) is 2. The van der Waals surface area contributed by atoms with Crippen LogP contribution in [0.15, 0.2) is 71.9 Å². The van der Waals surface area contributed by atoms with Gasteiger partial charge in [0, 0.05) is 36.3 Å². The zero-order chi connectivity index (χ0) is 22.3. The number of para-hydroxylation sites is 1. The first-order valence-corrected chi connectivity index (χ1v) is 11.3. The van der Waals surface area contributed by atoms with E-state index in [9.17, 15) is 9.59 Å². The fourth-order valence-electron chi connectivity index (χ4n) is 3.48. The van der Waals surface area contributed by atoms with Crippen LogP contribution in [0.4, 0.5) is 16.2 Å². The number of fused-ring (bicyclic) bond motifs is 1. The molecule has 2 heterocycles. The van der Waals surface area contributed by atoms with Crippen LogP contribution in [-0.2, 0) is 6.42 Å². The number of urea groups is 1. The van der Waals surface area contributed by atoms with Crippen molar-refractivity contribution in [2.75, 3.05) is 36.2 Å². The third-order valence-electron chi connectivity index (χ3n) is 5.11. The summed E-state index contributed by atoms with van der Waals surface area (Å²) in [4.78, 5) is 31.3. The normalized spacial score (nSPS) is 12.6. The van der Waals surface area contributed by atoms with Crippen molar-refractivity contribution < 1.29 is 14.3 Å². The Morgan fingerprint density at radius 2 is 1.91 bits per heavy atom. The zero-order valence-corrected chi connectivity index (χ0v) is 18.5. The van der Waals surface area contributed by atoms with Crippen LogP contribution in [0.1, 0.15) is 15.9 Å². The van der Waals surface area contributed by atoms with Gasteiger partial charge in [-0.05, 0) is 54.4 Å². The second-order valence-corrected chi connectivity index (χ2v) is 8.24. The first-order chi connectivity index (χ1) is 15.7. The van der Waals surface area contributed by atoms with Crippen molar-refractivity contribution in [3.63, 3.8) is 0 Å². The molecule has 0 spiro atoms. The molecule has 1 aromatic heterocycles. The van der Waals surface area contributed by atoms with Gasteiger partial charge in [-0.1, -0.05) is 18.2 Å². The summed E-state index contributed by atoms with van der Waals surface area (Å²) in [6.45, 7) is 1.11. The molecule has 4 rings (SSSR count). The van der Waals surface area contributed by atoms with Crippen LogP contribution in [0.5, 0.6) is 5.75 Å². The minimum Gasteiger partial charge on any atom is -0.496 e. The van der Waals surface area contributed by atoms with Gasteiger partial charge in [0.2, 0.25) is 0 Å². The fourth-order valence-corrected chi connectivity index (χ4v) is 4.41. The molecule has 0 saturated carbocycles. The highest BCUT2D eigenvalue weighted by molar-refractivity contribution is 7.99. The van der Waals surface area contributed by atoms with Gasteiger partial charge in [-0.3, -0.25) is 9.69 Å². The Morgan fingerprint density at radius 3 is 2.72 bits per heavy atom. The Bertz CT molecular complexity index is 1100. The maximum absolute atomic E-state index is 12.8. The highest BCUT2D eigenvalue weighted by Gasteiger charge is 2.23. The van der Waals surface area contributed by atoms with Crippen LogP contribution in [-0.4, -0.2) is 42.9 Å². The van der Waals surface area contributed by atoms with Crippen molar-refractivity contribution >= 4 is 35.1 Å². The highest BCUT2D eigenvalue weighted by Crippen LogP contribution is 2.32. The lowest BCUT2D eigenvalue weighted by Gasteiger charge is -2.28. The van der Waals surface area contributed by atoms with Gasteiger partial charge in [0.1, 0.15) is 10.8 Å². The number of pyridine rings is 1. The van der Waals surface area contributed by atoms with Gasteiger partial charge in [0.25, 0.3) is 5.91 Å². The molecule has 8 heteroatoms. The number of nitrogens with zero attached hydrogens (tertiary/aromatic N) is 2. The molecule has 1 aliphatic rings. The molecule has 0 fully saturated rings. The minimum atomic E-state index is -0.214. The second-order valence-electron chi connectivity index (χ2n) is 7.15. The Balaban J connectivity index is 1.32. The minimum absolute atomic E-state index is 0.161. The van der Waals surface area contributed by atoms with Gasteiger partial charge in [-0.2, -0.15) is 0 Å². The van der Waals surface area contributed by atoms with Gasteiger partial charge < -0.3 is 15.4 Å². The first kappa shape index (κ1) is 21.7. The molecule has 0 unspecified atom stereocenters. The molecule has 0 saturated heterocycles. The van der Waals surface area contributed by atoms with E-state index in [4.69, 9.17) is 4.74 Å². The van der Waals surface area contributed by atoms with Crippen LogP contribution >= 0.6 is 11.8 Å². The smallest absolute Gasteiger partial charge is 0.326 e. The average Bonchev–Trinajstić information content (AvgIpc) is 2.84. The van der Waals surface area contributed by atoms with Crippen LogP contribution in [0.25, 0.3) is 0 Å². The molecular weight excluding hydrogens is 424 g/mol. The number of benzene rings is 2. The summed E-state index contributed by atoms with van der Waals surface area (Å²) in [7, 11) is 1.64. The number of carbonyl (C=O) groups is 2. The molecule has 1 aliphatic heterocycles. The van der Waals surface area contributed by atoms with Crippen molar-refractivity contribution in [1.29, 1.82) is 0 Å². The number of hydrogen-bond acceptors (Lipinski definition) is 5. The molecule has 3 amide bonds. The maximum Gasteiger partial charge on any atom is 0.326 e. The van der Waals surface area contributed by atoms with E-state index >= 15 is 0 Å². The van der Waals surface area contributed by atoms with Gasteiger partial charge in [-0.15, -0.1) is 11.8 Å². The number of aromatic nitrogens is 1. The van der Waals surface area contributed by atoms with E-state index in [1.807, 2.05) is 36.4 Å². The molecule has 0 bridgehead atoms. The van der Waals surface area contributed by atoms with E-state index in [0.29, 0.717) is 30.8 Å². The lowest BCUT2D eigenvalue weighted by Crippen LogP contribution is -2.38. The number of ether oxygens (including phenoxy) is 1. The Kier molecular flexibility index (Phi) is 6.91. The van der Waals surface area contributed by atoms with Crippen molar-refractivity contribution in [3.05, 3.63) is 78.0 Å². The topological polar surface area (TPSA) is 83.6 Å². The van der Waals surface area contributed by atoms with E-state index in [0.717, 1.165) is 27.8 Å². The third-order valence-corrected chi connectivity index (χ3v) is 6.09. The van der Waals surface area contributed by atoms with Crippen molar-refractivity contribution in [1.82, 2.24) is 10.3 Å². The molecule has 3 aromatic rings. The number of carbonyl (C=O) groups excluding carboxylic acids is 2. The first-order valence-electron chi connectivity index (χ1n) is 10.3. The number of amides is 3. The largest absolute Gasteiger partial charge is 0.496 e. The van der Waals surface area contributed by atoms with Crippen LogP contribution in [0, 0.1) is 0 Å². The van der Waals surface area contributed by atoms with Gasteiger partial charge >= 0.3 is 6.03 Å². The molecular formula is C24H24N4O3S. The Hall–Kier alpha value is -3.52. The predicted octanol–water partition coefficient (Wildman–Crippen LogP) is 4.21. The standard InChI is InChI=1S/C24H24N4O3S/c1-31-21-7-3-2-5-17(21)12-14-25-22(29)18-8-10-19(11-9-18)27-24(30)28-15-16-32-23-20(28)6-4-13-26-23/h2-11,13H,12,14-16H2,1H3,(H,25,29)(H,27,30). The van der Waals surface area contributed by atoms with E-state index in [1.165, 1.54) is 0 Å². The van der Waals surface area contributed by atoms with Crippen molar-refractivity contribution in [2.24, 2.45) is 0 Å². The Morgan fingerprint density at radius 1 is 1.09 bits per heavy atom. The summed E-state index contributed by atoms with van der Waals surface area (Å²) in [5.74, 6) is 1.45. The lowest BCUT2D eigenvalue weighted by atomic mass is 10.1. The zero-order valence-electron chi connectivity index (χ0n) is 17.7. The maximum atomic E-state index is 12.8. The molecule has 0 atom stereocenters. The number of rotatable bonds is 6. The number of nitrogens with one attached hydrogen (secondary N) is 2. The van der Waals surface area contributed by atoms with Gasteiger partial charge in [-0.25, -0.2) is 9.78 Å². The summed E-state index contributed by atoms with van der Waals surface area (Å²) >= 11 is 1.64. The monoisotopic (exact) mass is 448 g/mol. The average molecular weight is 449 g/mol. The molecule has 2 aromatic carbocycles. The summed E-state index contributed by atoms with van der Waals surface area (Å²) in [5.41, 5.74) is 3.02. The lowest BCUT2D eigenvalue weighted by molar-refractivity contribution is 0.0954. The molecule has 0 radical (unpaired) electrons. The van der Waals surface area contributed by atoms with Gasteiger partial charge in [0.15, 0.2) is 0 Å². The summed E-state index contributed by atoms with van der Waals surface area (Å²) in [5, 5.41) is 6.68. The van der Waals surface area contributed by atoms with Crippen LogP contribution in [0.3, 0.4) is 0 Å². The van der Waals surface area contributed by atoms with E-state index in [-0.39, 0.29) is 11.9 Å². The molecule has 2 N–H and O–H groups in total. The third kappa shape index (κ3) is 5.03. The second kappa shape index (κ2) is 10.2. The summed E-state index contributed by atoms with van der Waals surface area (Å²) in [6, 6.07) is 18.1.